The normalized spacial score (nSPS) is 10.6. The maximum absolute atomic E-state index is 10.7. The average Bonchev–Trinajstić information content (AvgIpc) is 3.13. The molecule has 0 radical (unpaired) electrons. The highest BCUT2D eigenvalue weighted by atomic mass is 32.1. The number of hydrogen-bond acceptors (Lipinski definition) is 5. The van der Waals surface area contributed by atoms with Crippen molar-refractivity contribution in [1.82, 2.24) is 4.98 Å². The van der Waals surface area contributed by atoms with Crippen LogP contribution >= 0.6 is 23.6 Å². The van der Waals surface area contributed by atoms with E-state index in [0.29, 0.717) is 10.8 Å². The van der Waals surface area contributed by atoms with Gasteiger partial charge in [0, 0.05) is 29.1 Å². The summed E-state index contributed by atoms with van der Waals surface area (Å²) in [5.41, 5.74) is 3.52. The van der Waals surface area contributed by atoms with Crippen LogP contribution in [-0.4, -0.2) is 15.0 Å². The molecule has 0 aliphatic carbocycles. The SMILES string of the molecule is O=[N+]([O-])c1ccc(NC(=S)Nc2cccc(-c3nc4ccccc4s3)c2)cc1. The van der Waals surface area contributed by atoms with E-state index in [4.69, 9.17) is 12.2 Å². The number of non-ortho nitro benzene ring substituents is 1. The van der Waals surface area contributed by atoms with Gasteiger partial charge in [-0.1, -0.05) is 24.3 Å². The monoisotopic (exact) mass is 406 g/mol. The van der Waals surface area contributed by atoms with Crippen LogP contribution in [0.15, 0.2) is 72.8 Å². The molecular formula is C20H14N4O2S2. The zero-order valence-corrected chi connectivity index (χ0v) is 16.1. The molecule has 0 fully saturated rings. The third-order valence-electron chi connectivity index (χ3n) is 4.00. The van der Waals surface area contributed by atoms with Gasteiger partial charge in [-0.15, -0.1) is 11.3 Å². The second-order valence-electron chi connectivity index (χ2n) is 5.95. The van der Waals surface area contributed by atoms with Crippen LogP contribution < -0.4 is 10.6 Å². The zero-order chi connectivity index (χ0) is 19.5. The van der Waals surface area contributed by atoms with Gasteiger partial charge >= 0.3 is 0 Å². The lowest BCUT2D eigenvalue weighted by atomic mass is 10.2. The molecule has 0 unspecified atom stereocenters. The van der Waals surface area contributed by atoms with Crippen molar-refractivity contribution in [2.24, 2.45) is 0 Å². The van der Waals surface area contributed by atoms with Crippen molar-refractivity contribution in [3.05, 3.63) is 82.9 Å². The number of thiazole rings is 1. The number of fused-ring (bicyclic) bond motifs is 1. The van der Waals surface area contributed by atoms with Crippen molar-refractivity contribution in [2.75, 3.05) is 10.6 Å². The molecule has 0 aliphatic rings. The Kier molecular flexibility index (Phi) is 4.96. The number of hydrogen-bond donors (Lipinski definition) is 2. The van der Waals surface area contributed by atoms with Gasteiger partial charge in [0.25, 0.3) is 5.69 Å². The molecule has 138 valence electrons. The fraction of sp³-hybridized carbons (Fsp3) is 0. The second-order valence-corrected chi connectivity index (χ2v) is 7.39. The molecular weight excluding hydrogens is 392 g/mol. The van der Waals surface area contributed by atoms with Crippen LogP contribution in [0, 0.1) is 10.1 Å². The molecule has 0 saturated carbocycles. The van der Waals surface area contributed by atoms with Crippen molar-refractivity contribution in [1.29, 1.82) is 0 Å². The first-order valence-corrected chi connectivity index (χ1v) is 9.59. The van der Waals surface area contributed by atoms with Gasteiger partial charge in [-0.3, -0.25) is 10.1 Å². The number of rotatable bonds is 4. The van der Waals surface area contributed by atoms with Crippen molar-refractivity contribution < 1.29 is 4.92 Å². The maximum Gasteiger partial charge on any atom is 0.269 e. The lowest BCUT2D eigenvalue weighted by Crippen LogP contribution is -2.18. The highest BCUT2D eigenvalue weighted by molar-refractivity contribution is 7.80. The molecule has 0 spiro atoms. The number of nitro benzene ring substituents is 1. The van der Waals surface area contributed by atoms with Gasteiger partial charge in [0.1, 0.15) is 5.01 Å². The third-order valence-corrected chi connectivity index (χ3v) is 5.29. The molecule has 0 saturated heterocycles. The van der Waals surface area contributed by atoms with Crippen molar-refractivity contribution in [3.8, 4) is 10.6 Å². The van der Waals surface area contributed by atoms with E-state index >= 15 is 0 Å². The van der Waals surface area contributed by atoms with E-state index in [0.717, 1.165) is 26.5 Å². The van der Waals surface area contributed by atoms with Gasteiger partial charge in [-0.25, -0.2) is 4.98 Å². The fourth-order valence-electron chi connectivity index (χ4n) is 2.69. The predicted octanol–water partition coefficient (Wildman–Crippen LogP) is 5.68. The summed E-state index contributed by atoms with van der Waals surface area (Å²) in [5.74, 6) is 0. The molecule has 28 heavy (non-hydrogen) atoms. The largest absolute Gasteiger partial charge is 0.332 e. The van der Waals surface area contributed by atoms with Crippen LogP contribution in [-0.2, 0) is 0 Å². The molecule has 4 rings (SSSR count). The summed E-state index contributed by atoms with van der Waals surface area (Å²) in [7, 11) is 0. The van der Waals surface area contributed by atoms with Crippen LogP contribution in [0.4, 0.5) is 17.1 Å². The minimum Gasteiger partial charge on any atom is -0.332 e. The Bertz CT molecular complexity index is 1140. The van der Waals surface area contributed by atoms with Gasteiger partial charge in [-0.2, -0.15) is 0 Å². The number of thiocarbonyl (C=S) groups is 1. The Morgan fingerprint density at radius 1 is 0.964 bits per heavy atom. The van der Waals surface area contributed by atoms with E-state index in [9.17, 15) is 10.1 Å². The molecule has 0 amide bonds. The minimum atomic E-state index is -0.437. The number of para-hydroxylation sites is 1. The van der Waals surface area contributed by atoms with Gasteiger partial charge in [0.15, 0.2) is 5.11 Å². The smallest absolute Gasteiger partial charge is 0.269 e. The summed E-state index contributed by atoms with van der Waals surface area (Å²) < 4.78 is 1.14. The molecule has 1 aromatic heterocycles. The Balaban J connectivity index is 1.48. The molecule has 2 N–H and O–H groups in total. The van der Waals surface area contributed by atoms with E-state index in [1.807, 2.05) is 42.5 Å². The summed E-state index contributed by atoms with van der Waals surface area (Å²) in [4.78, 5) is 15.0. The standard InChI is InChI=1S/C20H14N4O2S2/c25-24(26)16-10-8-14(9-11-16)21-20(27)22-15-5-3-4-13(12-15)19-23-17-6-1-2-7-18(17)28-19/h1-12H,(H2,21,22,27). The zero-order valence-electron chi connectivity index (χ0n) is 14.5. The molecule has 4 aromatic rings. The maximum atomic E-state index is 10.7. The van der Waals surface area contributed by atoms with E-state index in [1.165, 1.54) is 12.1 Å². The lowest BCUT2D eigenvalue weighted by molar-refractivity contribution is -0.384. The van der Waals surface area contributed by atoms with Crippen LogP contribution in [0.3, 0.4) is 0 Å². The first-order valence-electron chi connectivity index (χ1n) is 8.37. The van der Waals surface area contributed by atoms with Gasteiger partial charge in [-0.05, 0) is 48.6 Å². The number of aromatic nitrogens is 1. The third kappa shape index (κ3) is 3.98. The second kappa shape index (κ2) is 7.71. The average molecular weight is 406 g/mol. The number of benzene rings is 3. The molecule has 1 heterocycles. The topological polar surface area (TPSA) is 80.1 Å². The predicted molar refractivity (Wildman–Crippen MR) is 118 cm³/mol. The molecule has 6 nitrogen and oxygen atoms in total. The quantitative estimate of drug-likeness (QED) is 0.258. The Morgan fingerprint density at radius 2 is 1.71 bits per heavy atom. The molecule has 0 atom stereocenters. The summed E-state index contributed by atoms with van der Waals surface area (Å²) in [6, 6.07) is 22.0. The Morgan fingerprint density at radius 3 is 2.46 bits per heavy atom. The van der Waals surface area contributed by atoms with E-state index in [-0.39, 0.29) is 5.69 Å². The number of nitrogens with one attached hydrogen (secondary N) is 2. The van der Waals surface area contributed by atoms with E-state index in [2.05, 4.69) is 21.7 Å². The highest BCUT2D eigenvalue weighted by Gasteiger charge is 2.08. The molecule has 0 bridgehead atoms. The first-order chi connectivity index (χ1) is 13.6. The van der Waals surface area contributed by atoms with Gasteiger partial charge in [0.2, 0.25) is 0 Å². The minimum absolute atomic E-state index is 0.0352. The van der Waals surface area contributed by atoms with Crippen LogP contribution in [0.5, 0.6) is 0 Å². The Labute approximate surface area is 170 Å². The summed E-state index contributed by atoms with van der Waals surface area (Å²) >= 11 is 6.99. The number of nitro groups is 1. The van der Waals surface area contributed by atoms with Crippen LogP contribution in [0.2, 0.25) is 0 Å². The first kappa shape index (κ1) is 18.0. The fourth-order valence-corrected chi connectivity index (χ4v) is 3.88. The van der Waals surface area contributed by atoms with Gasteiger partial charge < -0.3 is 10.6 Å². The summed E-state index contributed by atoms with van der Waals surface area (Å²) in [5, 5.41) is 18.2. The molecule has 0 aliphatic heterocycles. The Hall–Kier alpha value is -3.36. The molecule has 8 heteroatoms. The highest BCUT2D eigenvalue weighted by Crippen LogP contribution is 2.31. The van der Waals surface area contributed by atoms with Crippen molar-refractivity contribution in [2.45, 2.75) is 0 Å². The van der Waals surface area contributed by atoms with Crippen molar-refractivity contribution in [3.63, 3.8) is 0 Å². The van der Waals surface area contributed by atoms with Gasteiger partial charge in [0.05, 0.1) is 15.1 Å². The number of anilines is 2. The van der Waals surface area contributed by atoms with Crippen molar-refractivity contribution >= 4 is 55.9 Å². The number of nitrogens with zero attached hydrogens (tertiary/aromatic N) is 2. The molecule has 3 aromatic carbocycles. The van der Waals surface area contributed by atoms with Crippen LogP contribution in [0.1, 0.15) is 0 Å². The van der Waals surface area contributed by atoms with E-state index in [1.54, 1.807) is 23.5 Å². The van der Waals surface area contributed by atoms with E-state index < -0.39 is 4.92 Å². The van der Waals surface area contributed by atoms with Crippen LogP contribution in [0.25, 0.3) is 20.8 Å². The summed E-state index contributed by atoms with van der Waals surface area (Å²) in [6.07, 6.45) is 0. The summed E-state index contributed by atoms with van der Waals surface area (Å²) in [6.45, 7) is 0. The lowest BCUT2D eigenvalue weighted by Gasteiger charge is -2.11.